The molecule has 2 aliphatic rings. The Morgan fingerprint density at radius 1 is 0.839 bits per heavy atom. The highest BCUT2D eigenvalue weighted by Crippen LogP contribution is 2.53. The van der Waals surface area contributed by atoms with E-state index < -0.39 is 22.1 Å². The topological polar surface area (TPSA) is 78.9 Å². The molecule has 1 aliphatic carbocycles. The van der Waals surface area contributed by atoms with Gasteiger partial charge in [-0.05, 0) is 43.4 Å². The molecule has 1 saturated heterocycles. The first kappa shape index (κ1) is 31.6. The summed E-state index contributed by atoms with van der Waals surface area (Å²) in [6.45, 7) is 18.3. The van der Waals surface area contributed by atoms with Crippen LogP contribution in [0.4, 0.5) is 0 Å². The summed E-state index contributed by atoms with van der Waals surface area (Å²) in [7, 11) is -6.60. The first-order valence-electron chi connectivity index (χ1n) is 11.7. The third-order valence-corrected chi connectivity index (χ3v) is 8.95. The Hall–Kier alpha value is 0.570. The summed E-state index contributed by atoms with van der Waals surface area (Å²) >= 11 is 0. The summed E-state index contributed by atoms with van der Waals surface area (Å²) in [6, 6.07) is 0. The molecule has 31 heavy (non-hydrogen) atoms. The first-order chi connectivity index (χ1) is 14.0. The first-order valence-corrected chi connectivity index (χ1v) is 18.7. The predicted molar refractivity (Wildman–Crippen MR) is 135 cm³/mol. The molecule has 0 spiro atoms. The van der Waals surface area contributed by atoms with Gasteiger partial charge in [-0.25, -0.2) is 0 Å². The van der Waals surface area contributed by atoms with Crippen molar-refractivity contribution in [3.63, 3.8) is 0 Å². The molecule has 1 saturated carbocycles. The zero-order valence-corrected chi connectivity index (χ0v) is 24.1. The van der Waals surface area contributed by atoms with Gasteiger partial charge in [-0.3, -0.25) is 13.7 Å². The Bertz CT molecular complexity index is 613. The van der Waals surface area contributed by atoms with Crippen LogP contribution in [0.1, 0.15) is 66.7 Å². The number of hydrogen-bond acceptors (Lipinski definition) is 6. The van der Waals surface area contributed by atoms with Crippen LogP contribution in [-0.2, 0) is 27.3 Å². The fraction of sp³-hybridized carbons (Fsp3) is 1.00. The highest BCUT2D eigenvalue weighted by Gasteiger charge is 2.28. The van der Waals surface area contributed by atoms with Crippen LogP contribution in [-0.4, -0.2) is 58.3 Å². The second kappa shape index (κ2) is 14.7. The zero-order valence-electron chi connectivity index (χ0n) is 21.5. The van der Waals surface area contributed by atoms with E-state index in [4.69, 9.17) is 13.6 Å². The van der Waals surface area contributed by atoms with Gasteiger partial charge in [0, 0.05) is 39.0 Å². The van der Waals surface area contributed by atoms with E-state index in [2.05, 4.69) is 20.8 Å². The van der Waals surface area contributed by atoms with Crippen LogP contribution in [0, 0.1) is 17.8 Å². The summed E-state index contributed by atoms with van der Waals surface area (Å²) in [5.41, 5.74) is 0. The maximum absolute atomic E-state index is 11.7. The Balaban J connectivity index is 0.000000439. The predicted octanol–water partition coefficient (Wildman–Crippen LogP) is 7.66. The monoisotopic (exact) mass is 502 g/mol. The van der Waals surface area contributed by atoms with Gasteiger partial charge < -0.3 is 13.6 Å². The molecular weight excluding hydrogens is 453 g/mol. The van der Waals surface area contributed by atoms with E-state index in [-0.39, 0.29) is 6.10 Å². The van der Waals surface area contributed by atoms with E-state index in [1.54, 1.807) is 26.7 Å². The summed E-state index contributed by atoms with van der Waals surface area (Å²) < 4.78 is 49.8. The average molecular weight is 503 g/mol. The molecule has 0 radical (unpaired) electrons. The van der Waals surface area contributed by atoms with Crippen molar-refractivity contribution in [3.05, 3.63) is 0 Å². The minimum atomic E-state index is -2.25. The molecule has 2 atom stereocenters. The quantitative estimate of drug-likeness (QED) is 0.317. The number of hydrogen-bond donors (Lipinski definition) is 0. The Kier molecular flexibility index (Phi) is 15.0. The summed E-state index contributed by atoms with van der Waals surface area (Å²) in [5.74, 6) is 1.57. The van der Waals surface area contributed by atoms with Gasteiger partial charge in [-0.15, -0.1) is 0 Å². The third kappa shape index (κ3) is 18.7. The molecular formula is C22H49O6P3. The van der Waals surface area contributed by atoms with Crippen molar-refractivity contribution in [3.8, 4) is 0 Å². The molecule has 0 aromatic heterocycles. The Morgan fingerprint density at radius 3 is 1.68 bits per heavy atom. The molecule has 1 aliphatic heterocycles. The molecule has 1 heterocycles. The standard InChI is InChI=1S/2C8H17O2P.C6H15O2P/c1-7-5-4-6-8(7)10-11(2,3)9;1-8(2)7-10-11(9)5-3-4-6-11;1-6(2)5-8-9(3,4)7/h7-8H,4-6H2,1-3H3;8H,3-7H2,1-2H3;6H,5H2,1-4H3/t7-,8?;;/m1../s1. The van der Waals surface area contributed by atoms with Crippen molar-refractivity contribution in [1.29, 1.82) is 0 Å². The van der Waals surface area contributed by atoms with Gasteiger partial charge in [0.05, 0.1) is 19.3 Å². The summed E-state index contributed by atoms with van der Waals surface area (Å²) in [5, 5.41) is 0. The molecule has 2 fully saturated rings. The van der Waals surface area contributed by atoms with Crippen LogP contribution in [0.3, 0.4) is 0 Å². The minimum Gasteiger partial charge on any atom is -0.329 e. The average Bonchev–Trinajstić information content (AvgIpc) is 3.20. The minimum absolute atomic E-state index is 0.260. The van der Waals surface area contributed by atoms with E-state index in [1.165, 1.54) is 12.8 Å². The van der Waals surface area contributed by atoms with E-state index in [9.17, 15) is 13.7 Å². The van der Waals surface area contributed by atoms with Gasteiger partial charge in [0.25, 0.3) is 0 Å². The highest BCUT2D eigenvalue weighted by atomic mass is 31.2. The maximum atomic E-state index is 11.7. The van der Waals surface area contributed by atoms with Crippen LogP contribution < -0.4 is 0 Å². The van der Waals surface area contributed by atoms with Gasteiger partial charge >= 0.3 is 0 Å². The Labute approximate surface area is 192 Å². The normalized spacial score (nSPS) is 23.3. The maximum Gasteiger partial charge on any atom is 0.203 e. The van der Waals surface area contributed by atoms with Gasteiger partial charge in [-0.2, -0.15) is 0 Å². The lowest BCUT2D eigenvalue weighted by atomic mass is 10.1. The van der Waals surface area contributed by atoms with Crippen molar-refractivity contribution >= 4 is 22.1 Å². The van der Waals surface area contributed by atoms with Crippen LogP contribution in [0.25, 0.3) is 0 Å². The lowest BCUT2D eigenvalue weighted by Crippen LogP contribution is -2.13. The SMILES string of the molecule is CC(C)COP(C)(C)=O.CC(C)COP1(=O)CCCC1.C[C@@H]1CCCC1OP(C)(C)=O. The Morgan fingerprint density at radius 2 is 1.35 bits per heavy atom. The zero-order chi connectivity index (χ0) is 24.3. The molecule has 2 rings (SSSR count). The highest BCUT2D eigenvalue weighted by molar-refractivity contribution is 7.59. The second-order valence-electron chi connectivity index (χ2n) is 10.4. The van der Waals surface area contributed by atoms with Crippen molar-refractivity contribution in [1.82, 2.24) is 0 Å². The molecule has 1 unspecified atom stereocenters. The molecule has 6 nitrogen and oxygen atoms in total. The van der Waals surface area contributed by atoms with Crippen LogP contribution >= 0.6 is 22.1 Å². The third-order valence-electron chi connectivity index (χ3n) is 4.78. The fourth-order valence-corrected chi connectivity index (χ4v) is 7.24. The molecule has 0 aromatic carbocycles. The summed E-state index contributed by atoms with van der Waals surface area (Å²) in [4.78, 5) is 0. The van der Waals surface area contributed by atoms with Crippen molar-refractivity contribution < 1.29 is 27.3 Å². The van der Waals surface area contributed by atoms with E-state index in [1.807, 2.05) is 13.8 Å². The lowest BCUT2D eigenvalue weighted by Gasteiger charge is -2.18. The molecule has 0 aromatic rings. The van der Waals surface area contributed by atoms with Gasteiger partial charge in [-0.1, -0.05) is 41.0 Å². The molecule has 0 N–H and O–H groups in total. The molecule has 0 bridgehead atoms. The fourth-order valence-electron chi connectivity index (χ4n) is 3.15. The van der Waals surface area contributed by atoms with Gasteiger partial charge in [0.15, 0.2) is 14.7 Å². The van der Waals surface area contributed by atoms with E-state index in [0.29, 0.717) is 31.0 Å². The van der Waals surface area contributed by atoms with Crippen LogP contribution in [0.2, 0.25) is 0 Å². The largest absolute Gasteiger partial charge is 0.329 e. The number of rotatable bonds is 8. The molecule has 9 heteroatoms. The lowest BCUT2D eigenvalue weighted by molar-refractivity contribution is 0.174. The van der Waals surface area contributed by atoms with Crippen molar-refractivity contribution in [2.24, 2.45) is 17.8 Å². The van der Waals surface area contributed by atoms with Gasteiger partial charge in [0.2, 0.25) is 7.37 Å². The molecule has 0 amide bonds. The van der Waals surface area contributed by atoms with E-state index >= 15 is 0 Å². The van der Waals surface area contributed by atoms with Gasteiger partial charge in [0.1, 0.15) is 0 Å². The van der Waals surface area contributed by atoms with Crippen LogP contribution in [0.5, 0.6) is 0 Å². The van der Waals surface area contributed by atoms with Crippen LogP contribution in [0.15, 0.2) is 0 Å². The smallest absolute Gasteiger partial charge is 0.203 e. The van der Waals surface area contributed by atoms with Crippen molar-refractivity contribution in [2.75, 3.05) is 52.2 Å². The van der Waals surface area contributed by atoms with Crippen molar-refractivity contribution in [2.45, 2.75) is 72.8 Å². The second-order valence-corrected chi connectivity index (χ2v) is 18.7. The summed E-state index contributed by atoms with van der Waals surface area (Å²) in [6.07, 6.45) is 7.63. The molecule has 188 valence electrons. The van der Waals surface area contributed by atoms with E-state index in [0.717, 1.165) is 31.6 Å².